The highest BCUT2D eigenvalue weighted by molar-refractivity contribution is 6.02. The van der Waals surface area contributed by atoms with Gasteiger partial charge in [0.25, 0.3) is 5.91 Å². The summed E-state index contributed by atoms with van der Waals surface area (Å²) in [6.07, 6.45) is -0.671. The largest absolute Gasteiger partial charge is 0.389 e. The zero-order chi connectivity index (χ0) is 14.9. The Bertz CT molecular complexity index is 625. The Balaban J connectivity index is 2.71. The van der Waals surface area contributed by atoms with Crippen molar-refractivity contribution in [3.8, 4) is 0 Å². The lowest BCUT2D eigenvalue weighted by Gasteiger charge is -2.20. The summed E-state index contributed by atoms with van der Waals surface area (Å²) in [5.41, 5.74) is 2.28. The molecule has 4 heteroatoms. The smallest absolute Gasteiger partial charge is 0.270 e. The molecule has 0 fully saturated rings. The first-order valence-corrected chi connectivity index (χ1v) is 7.07. The molecule has 1 N–H and O–H groups in total. The lowest BCUT2D eigenvalue weighted by atomic mass is 10.1. The van der Waals surface area contributed by atoms with Crippen LogP contribution in [0.15, 0.2) is 24.3 Å². The average molecular weight is 274 g/mol. The number of aromatic nitrogens is 1. The van der Waals surface area contributed by atoms with Crippen molar-refractivity contribution < 1.29 is 9.90 Å². The van der Waals surface area contributed by atoms with Crippen LogP contribution < -0.4 is 0 Å². The van der Waals surface area contributed by atoms with Crippen molar-refractivity contribution >= 4 is 16.8 Å². The SMILES string of the molecule is CCN(CC)C(=O)c1c(C(C)O)c2ccccc2n1C. The third-order valence-electron chi connectivity index (χ3n) is 3.82. The van der Waals surface area contributed by atoms with Crippen LogP contribution in [-0.4, -0.2) is 33.6 Å². The molecule has 0 bridgehead atoms. The summed E-state index contributed by atoms with van der Waals surface area (Å²) in [6.45, 7) is 6.96. The van der Waals surface area contributed by atoms with E-state index in [0.717, 1.165) is 16.5 Å². The van der Waals surface area contributed by atoms with Crippen LogP contribution in [0.5, 0.6) is 0 Å². The van der Waals surface area contributed by atoms with E-state index in [1.807, 2.05) is 49.7 Å². The first-order chi connectivity index (χ1) is 9.52. The monoisotopic (exact) mass is 274 g/mol. The van der Waals surface area contributed by atoms with Gasteiger partial charge in [0, 0.05) is 36.6 Å². The van der Waals surface area contributed by atoms with E-state index in [1.54, 1.807) is 11.8 Å². The third-order valence-corrected chi connectivity index (χ3v) is 3.82. The number of nitrogens with zero attached hydrogens (tertiary/aromatic N) is 2. The van der Waals surface area contributed by atoms with Crippen LogP contribution >= 0.6 is 0 Å². The fraction of sp³-hybridized carbons (Fsp3) is 0.438. The first kappa shape index (κ1) is 14.6. The molecule has 0 aliphatic rings. The summed E-state index contributed by atoms with van der Waals surface area (Å²) in [4.78, 5) is 14.5. The van der Waals surface area contributed by atoms with Crippen LogP contribution in [0.25, 0.3) is 10.9 Å². The molecule has 1 atom stereocenters. The number of aliphatic hydroxyl groups excluding tert-OH is 1. The number of rotatable bonds is 4. The summed E-state index contributed by atoms with van der Waals surface area (Å²) in [5.74, 6) is -0.0235. The predicted molar refractivity (Wildman–Crippen MR) is 80.8 cm³/mol. The van der Waals surface area contributed by atoms with Gasteiger partial charge in [0.1, 0.15) is 5.69 Å². The maximum absolute atomic E-state index is 12.7. The molecular formula is C16H22N2O2. The number of para-hydroxylation sites is 1. The van der Waals surface area contributed by atoms with Crippen molar-refractivity contribution in [3.63, 3.8) is 0 Å². The molecule has 1 heterocycles. The minimum absolute atomic E-state index is 0.0235. The highest BCUT2D eigenvalue weighted by atomic mass is 16.3. The van der Waals surface area contributed by atoms with Crippen molar-refractivity contribution in [1.29, 1.82) is 0 Å². The van der Waals surface area contributed by atoms with Gasteiger partial charge < -0.3 is 14.6 Å². The van der Waals surface area contributed by atoms with E-state index in [0.29, 0.717) is 18.8 Å². The number of aryl methyl sites for hydroxylation is 1. The van der Waals surface area contributed by atoms with Crippen molar-refractivity contribution in [2.24, 2.45) is 7.05 Å². The fourth-order valence-corrected chi connectivity index (χ4v) is 2.76. The van der Waals surface area contributed by atoms with Gasteiger partial charge in [-0.15, -0.1) is 0 Å². The predicted octanol–water partition coefficient (Wildman–Crippen LogP) is 2.71. The van der Waals surface area contributed by atoms with Crippen LogP contribution in [0.1, 0.15) is 42.9 Å². The van der Waals surface area contributed by atoms with Crippen LogP contribution in [0.3, 0.4) is 0 Å². The van der Waals surface area contributed by atoms with Gasteiger partial charge in [-0.25, -0.2) is 0 Å². The van der Waals surface area contributed by atoms with Gasteiger partial charge in [-0.05, 0) is 26.8 Å². The molecule has 0 saturated carbocycles. The summed E-state index contributed by atoms with van der Waals surface area (Å²) >= 11 is 0. The molecule has 0 saturated heterocycles. The molecule has 0 radical (unpaired) electrons. The molecule has 2 aromatic rings. The van der Waals surface area contributed by atoms with E-state index in [-0.39, 0.29) is 5.91 Å². The van der Waals surface area contributed by atoms with Crippen LogP contribution in [0.4, 0.5) is 0 Å². The maximum atomic E-state index is 12.7. The number of carbonyl (C=O) groups excluding carboxylic acids is 1. The van der Waals surface area contributed by atoms with E-state index in [9.17, 15) is 9.90 Å². The van der Waals surface area contributed by atoms with Gasteiger partial charge in [0.2, 0.25) is 0 Å². The van der Waals surface area contributed by atoms with E-state index in [4.69, 9.17) is 0 Å². The molecule has 1 aromatic heterocycles. The number of aliphatic hydroxyl groups is 1. The quantitative estimate of drug-likeness (QED) is 0.931. The van der Waals surface area contributed by atoms with Crippen molar-refractivity contribution in [2.45, 2.75) is 26.9 Å². The van der Waals surface area contributed by atoms with Crippen LogP contribution in [-0.2, 0) is 7.05 Å². The molecule has 2 rings (SSSR count). The second-order valence-electron chi connectivity index (χ2n) is 4.99. The van der Waals surface area contributed by atoms with E-state index in [1.165, 1.54) is 0 Å². The molecule has 4 nitrogen and oxygen atoms in total. The minimum atomic E-state index is -0.671. The van der Waals surface area contributed by atoms with Crippen molar-refractivity contribution in [1.82, 2.24) is 9.47 Å². The summed E-state index contributed by atoms with van der Waals surface area (Å²) in [5, 5.41) is 11.1. The second-order valence-corrected chi connectivity index (χ2v) is 4.99. The zero-order valence-corrected chi connectivity index (χ0v) is 12.6. The summed E-state index contributed by atoms with van der Waals surface area (Å²) < 4.78 is 1.89. The molecule has 0 aliphatic carbocycles. The Labute approximate surface area is 119 Å². The molecule has 0 spiro atoms. The number of benzene rings is 1. The summed E-state index contributed by atoms with van der Waals surface area (Å²) in [6, 6.07) is 7.80. The molecule has 20 heavy (non-hydrogen) atoms. The highest BCUT2D eigenvalue weighted by Gasteiger charge is 2.25. The van der Waals surface area contributed by atoms with Crippen molar-refractivity contribution in [3.05, 3.63) is 35.5 Å². The van der Waals surface area contributed by atoms with Gasteiger partial charge in [-0.2, -0.15) is 0 Å². The Morgan fingerprint density at radius 1 is 1.30 bits per heavy atom. The van der Waals surface area contributed by atoms with Crippen LogP contribution in [0, 0.1) is 0 Å². The molecule has 1 amide bonds. The number of fused-ring (bicyclic) bond motifs is 1. The first-order valence-electron chi connectivity index (χ1n) is 7.07. The zero-order valence-electron chi connectivity index (χ0n) is 12.6. The molecule has 1 aromatic carbocycles. The normalized spacial score (nSPS) is 12.7. The second kappa shape index (κ2) is 5.67. The van der Waals surface area contributed by atoms with Gasteiger partial charge in [0.05, 0.1) is 6.10 Å². The van der Waals surface area contributed by atoms with Gasteiger partial charge >= 0.3 is 0 Å². The Morgan fingerprint density at radius 2 is 1.90 bits per heavy atom. The van der Waals surface area contributed by atoms with Crippen LogP contribution in [0.2, 0.25) is 0 Å². The Hall–Kier alpha value is -1.81. The molecule has 1 unspecified atom stereocenters. The van der Waals surface area contributed by atoms with Gasteiger partial charge in [-0.1, -0.05) is 18.2 Å². The molecule has 108 valence electrons. The number of amides is 1. The third kappa shape index (κ3) is 2.20. The van der Waals surface area contributed by atoms with Gasteiger partial charge in [-0.3, -0.25) is 4.79 Å². The molecule has 0 aliphatic heterocycles. The van der Waals surface area contributed by atoms with E-state index >= 15 is 0 Å². The maximum Gasteiger partial charge on any atom is 0.270 e. The lowest BCUT2D eigenvalue weighted by Crippen LogP contribution is -2.32. The number of hydrogen-bond donors (Lipinski definition) is 1. The number of hydrogen-bond acceptors (Lipinski definition) is 2. The minimum Gasteiger partial charge on any atom is -0.389 e. The standard InChI is InChI=1S/C16H22N2O2/c1-5-18(6-2)16(20)15-14(11(3)19)12-9-7-8-10-13(12)17(15)4/h7-11,19H,5-6H2,1-4H3. The van der Waals surface area contributed by atoms with E-state index in [2.05, 4.69) is 0 Å². The molecular weight excluding hydrogens is 252 g/mol. The fourth-order valence-electron chi connectivity index (χ4n) is 2.76. The number of carbonyl (C=O) groups is 1. The lowest BCUT2D eigenvalue weighted by molar-refractivity contribution is 0.0757. The Morgan fingerprint density at radius 3 is 2.45 bits per heavy atom. The van der Waals surface area contributed by atoms with Gasteiger partial charge in [0.15, 0.2) is 0 Å². The average Bonchev–Trinajstić information content (AvgIpc) is 2.74. The highest BCUT2D eigenvalue weighted by Crippen LogP contribution is 2.31. The topological polar surface area (TPSA) is 45.5 Å². The Kier molecular flexibility index (Phi) is 4.14. The summed E-state index contributed by atoms with van der Waals surface area (Å²) in [7, 11) is 1.88. The van der Waals surface area contributed by atoms with Crippen molar-refractivity contribution in [2.75, 3.05) is 13.1 Å². The van der Waals surface area contributed by atoms with E-state index < -0.39 is 6.10 Å².